The number of benzene rings is 2. The van der Waals surface area contributed by atoms with Crippen molar-refractivity contribution in [3.8, 4) is 0 Å². The summed E-state index contributed by atoms with van der Waals surface area (Å²) in [5.41, 5.74) is 2.11. The van der Waals surface area contributed by atoms with Crippen LogP contribution in [0.15, 0.2) is 59.7 Å². The average Bonchev–Trinajstić information content (AvgIpc) is 2.40. The lowest BCUT2D eigenvalue weighted by Crippen LogP contribution is -1.92. The van der Waals surface area contributed by atoms with Crippen LogP contribution in [0.4, 0.5) is 17.1 Å². The number of anilines is 1. The molecular formula is C13H13N3O. The van der Waals surface area contributed by atoms with Gasteiger partial charge in [-0.3, -0.25) is 0 Å². The summed E-state index contributed by atoms with van der Waals surface area (Å²) in [6.45, 7) is 0. The van der Waals surface area contributed by atoms with E-state index < -0.39 is 0 Å². The average molecular weight is 227 g/mol. The van der Waals surface area contributed by atoms with E-state index in [1.165, 1.54) is 0 Å². The third-order valence-corrected chi connectivity index (χ3v) is 2.34. The summed E-state index contributed by atoms with van der Waals surface area (Å²) < 4.78 is 0. The quantitative estimate of drug-likeness (QED) is 0.494. The summed E-state index contributed by atoms with van der Waals surface area (Å²) in [7, 11) is 1.83. The van der Waals surface area contributed by atoms with E-state index in [0.29, 0.717) is 16.2 Å². The molecular weight excluding hydrogens is 214 g/mol. The van der Waals surface area contributed by atoms with Crippen LogP contribution >= 0.6 is 0 Å². The Morgan fingerprint density at radius 3 is 2.24 bits per heavy atom. The normalized spacial score (nSPS) is 11.2. The molecule has 4 nitrogen and oxygen atoms in total. The van der Waals surface area contributed by atoms with Crippen LogP contribution in [0, 0.1) is 5.21 Å². The Bertz CT molecular complexity index is 506. The predicted octanol–water partition coefficient (Wildman–Crippen LogP) is 3.65. The smallest absolute Gasteiger partial charge is 0.245 e. The Hall–Kier alpha value is -2.36. The molecule has 0 fully saturated rings. The van der Waals surface area contributed by atoms with Crippen LogP contribution < -0.4 is 5.32 Å². The molecule has 0 saturated heterocycles. The summed E-state index contributed by atoms with van der Waals surface area (Å²) >= 11 is 0. The van der Waals surface area contributed by atoms with Crippen LogP contribution in [-0.4, -0.2) is 11.9 Å². The van der Waals surface area contributed by atoms with E-state index in [1.807, 2.05) is 37.4 Å². The van der Waals surface area contributed by atoms with E-state index in [1.54, 1.807) is 24.3 Å². The van der Waals surface area contributed by atoms with Crippen molar-refractivity contribution in [2.24, 2.45) is 5.11 Å². The van der Waals surface area contributed by atoms with Gasteiger partial charge in [-0.05, 0) is 24.3 Å². The number of azo groups is 1. The van der Waals surface area contributed by atoms with Crippen LogP contribution in [0.1, 0.15) is 0 Å². The minimum atomic E-state index is 0.507. The lowest BCUT2D eigenvalue weighted by Gasteiger charge is -2.01. The molecule has 0 radical (unpaired) electrons. The molecule has 0 aliphatic carbocycles. The molecule has 0 spiro atoms. The Morgan fingerprint density at radius 2 is 1.65 bits per heavy atom. The first-order valence-corrected chi connectivity index (χ1v) is 5.31. The molecule has 0 aliphatic heterocycles. The van der Waals surface area contributed by atoms with Crippen molar-refractivity contribution in [3.63, 3.8) is 0 Å². The van der Waals surface area contributed by atoms with Gasteiger partial charge in [0, 0.05) is 30.0 Å². The fourth-order valence-corrected chi connectivity index (χ4v) is 1.41. The maximum absolute atomic E-state index is 11.7. The molecule has 0 aromatic heterocycles. The monoisotopic (exact) mass is 227 g/mol. The van der Waals surface area contributed by atoms with Crippen LogP contribution in [0.5, 0.6) is 0 Å². The highest BCUT2D eigenvalue weighted by Crippen LogP contribution is 2.18. The van der Waals surface area contributed by atoms with Gasteiger partial charge in [-0.1, -0.05) is 23.1 Å². The Morgan fingerprint density at radius 1 is 1.00 bits per heavy atom. The number of nitrogens with zero attached hydrogens (tertiary/aromatic N) is 2. The van der Waals surface area contributed by atoms with E-state index in [0.717, 1.165) is 5.69 Å². The Balaban J connectivity index is 2.24. The fourth-order valence-electron chi connectivity index (χ4n) is 1.41. The Labute approximate surface area is 99.8 Å². The second-order valence-electron chi connectivity index (χ2n) is 3.51. The molecule has 0 bridgehead atoms. The summed E-state index contributed by atoms with van der Waals surface area (Å²) in [6, 6.07) is 16.3. The maximum atomic E-state index is 11.7. The fraction of sp³-hybridized carbons (Fsp3) is 0.0769. The van der Waals surface area contributed by atoms with Gasteiger partial charge in [0.2, 0.25) is 5.69 Å². The molecule has 2 aromatic rings. The van der Waals surface area contributed by atoms with E-state index in [9.17, 15) is 5.21 Å². The summed E-state index contributed by atoms with van der Waals surface area (Å²) in [5, 5.41) is 18.7. The molecule has 17 heavy (non-hydrogen) atoms. The molecule has 0 heterocycles. The Kier molecular flexibility index (Phi) is 3.35. The molecule has 2 rings (SSSR count). The van der Waals surface area contributed by atoms with Crippen molar-refractivity contribution in [1.82, 2.24) is 0 Å². The van der Waals surface area contributed by atoms with Crippen molar-refractivity contribution in [1.29, 1.82) is 0 Å². The van der Waals surface area contributed by atoms with Crippen LogP contribution in [0.3, 0.4) is 0 Å². The van der Waals surface area contributed by atoms with Crippen molar-refractivity contribution in [3.05, 3.63) is 59.8 Å². The zero-order valence-electron chi connectivity index (χ0n) is 9.50. The molecule has 0 unspecified atom stereocenters. The van der Waals surface area contributed by atoms with Crippen molar-refractivity contribution >= 4 is 17.1 Å². The van der Waals surface area contributed by atoms with E-state index in [2.05, 4.69) is 10.4 Å². The maximum Gasteiger partial charge on any atom is 0.245 e. The second-order valence-corrected chi connectivity index (χ2v) is 3.51. The summed E-state index contributed by atoms with van der Waals surface area (Å²) in [5.74, 6) is 0. The third kappa shape index (κ3) is 2.81. The van der Waals surface area contributed by atoms with Crippen molar-refractivity contribution in [2.45, 2.75) is 0 Å². The SMILES string of the molecule is CNc1ccc([N+]([O-])=Nc2ccccc2)cc1. The van der Waals surface area contributed by atoms with Gasteiger partial charge >= 0.3 is 0 Å². The lowest BCUT2D eigenvalue weighted by molar-refractivity contribution is -0.435. The standard InChI is InChI=1S/C13H13N3O/c1-14-11-7-9-13(10-8-11)16(17)15-12-5-3-2-4-6-12/h2-10,14H,1H3. The summed E-state index contributed by atoms with van der Waals surface area (Å²) in [6.07, 6.45) is 0. The van der Waals surface area contributed by atoms with Crippen molar-refractivity contribution in [2.75, 3.05) is 12.4 Å². The first kappa shape index (κ1) is 11.1. The minimum Gasteiger partial charge on any atom is -0.594 e. The molecule has 0 atom stereocenters. The van der Waals surface area contributed by atoms with Gasteiger partial charge in [-0.15, -0.1) is 0 Å². The molecule has 0 amide bonds. The molecule has 0 aliphatic rings. The van der Waals surface area contributed by atoms with Gasteiger partial charge in [0.15, 0.2) is 0 Å². The molecule has 4 heteroatoms. The number of nitrogens with one attached hydrogen (secondary N) is 1. The van der Waals surface area contributed by atoms with Gasteiger partial charge in [-0.2, -0.15) is 0 Å². The molecule has 0 saturated carbocycles. The van der Waals surface area contributed by atoms with E-state index >= 15 is 0 Å². The molecule has 2 aromatic carbocycles. The second kappa shape index (κ2) is 5.12. The number of hydrogen-bond donors (Lipinski definition) is 1. The van der Waals surface area contributed by atoms with E-state index in [4.69, 9.17) is 0 Å². The van der Waals surface area contributed by atoms with Crippen LogP contribution in [0.25, 0.3) is 0 Å². The van der Waals surface area contributed by atoms with Gasteiger partial charge in [0.25, 0.3) is 0 Å². The topological polar surface area (TPSA) is 50.5 Å². The minimum absolute atomic E-state index is 0.507. The van der Waals surface area contributed by atoms with Crippen LogP contribution in [-0.2, 0) is 0 Å². The first-order valence-electron chi connectivity index (χ1n) is 5.31. The van der Waals surface area contributed by atoms with Gasteiger partial charge in [0.05, 0.1) is 0 Å². The van der Waals surface area contributed by atoms with Gasteiger partial charge in [-0.25, -0.2) is 0 Å². The summed E-state index contributed by atoms with van der Waals surface area (Å²) in [4.78, 5) is 0.620. The number of hydrogen-bond acceptors (Lipinski definition) is 3. The van der Waals surface area contributed by atoms with Gasteiger partial charge < -0.3 is 10.5 Å². The number of rotatable bonds is 3. The predicted molar refractivity (Wildman–Crippen MR) is 67.8 cm³/mol. The highest BCUT2D eigenvalue weighted by atomic mass is 16.5. The molecule has 86 valence electrons. The van der Waals surface area contributed by atoms with Crippen LogP contribution in [0.2, 0.25) is 0 Å². The first-order chi connectivity index (χ1) is 8.29. The molecule has 1 N–H and O–H groups in total. The van der Waals surface area contributed by atoms with Crippen molar-refractivity contribution < 1.29 is 4.86 Å². The zero-order chi connectivity index (χ0) is 12.1. The highest BCUT2D eigenvalue weighted by Gasteiger charge is 2.03. The largest absolute Gasteiger partial charge is 0.594 e. The highest BCUT2D eigenvalue weighted by molar-refractivity contribution is 5.47. The zero-order valence-corrected chi connectivity index (χ0v) is 9.50. The van der Waals surface area contributed by atoms with E-state index in [-0.39, 0.29) is 0 Å². The van der Waals surface area contributed by atoms with Gasteiger partial charge in [0.1, 0.15) is 5.69 Å². The lowest BCUT2D eigenvalue weighted by atomic mass is 10.3. The third-order valence-electron chi connectivity index (χ3n) is 2.34.